The second-order valence-electron chi connectivity index (χ2n) is 7.70. The number of hydrogen-bond acceptors (Lipinski definition) is 3. The molecule has 2 atom stereocenters. The van der Waals surface area contributed by atoms with Gasteiger partial charge in [0, 0.05) is 39.3 Å². The van der Waals surface area contributed by atoms with Crippen molar-refractivity contribution < 1.29 is 8.42 Å². The van der Waals surface area contributed by atoms with Crippen LogP contribution in [0.25, 0.3) is 0 Å². The zero-order chi connectivity index (χ0) is 17.5. The lowest BCUT2D eigenvalue weighted by Crippen LogP contribution is -2.47. The highest BCUT2D eigenvalue weighted by atomic mass is 32.2. The molecule has 134 valence electrons. The number of fused-ring (bicyclic) bond motifs is 1. The normalized spacial score (nSPS) is 25.8. The largest absolute Gasteiger partial charge is 0.298 e. The Hall–Kier alpha value is -0.950. The molecule has 0 radical (unpaired) electrons. The molecule has 1 fully saturated rings. The predicted octanol–water partition coefficient (Wildman–Crippen LogP) is 1.51. The van der Waals surface area contributed by atoms with Crippen molar-refractivity contribution in [3.8, 4) is 0 Å². The van der Waals surface area contributed by atoms with E-state index in [-0.39, 0.29) is 6.04 Å². The number of nitrogens with one attached hydrogen (secondary N) is 1. The lowest BCUT2D eigenvalue weighted by molar-refractivity contribution is 0.231. The molecule has 0 aromatic heterocycles. The molecule has 1 aromatic carbocycles. The second kappa shape index (κ2) is 6.75. The van der Waals surface area contributed by atoms with E-state index < -0.39 is 10.2 Å². The Balaban J connectivity index is 1.72. The van der Waals surface area contributed by atoms with E-state index in [0.717, 1.165) is 25.9 Å². The molecule has 0 unspecified atom stereocenters. The summed E-state index contributed by atoms with van der Waals surface area (Å²) in [6.07, 6.45) is 2.16. The van der Waals surface area contributed by atoms with Crippen molar-refractivity contribution in [1.82, 2.24) is 13.9 Å². The Bertz CT molecular complexity index is 662. The molecule has 6 heteroatoms. The second-order valence-corrected chi connectivity index (χ2v) is 9.62. The summed E-state index contributed by atoms with van der Waals surface area (Å²) in [7, 11) is -0.239. The van der Waals surface area contributed by atoms with Crippen LogP contribution in [0.15, 0.2) is 24.3 Å². The van der Waals surface area contributed by atoms with Crippen molar-refractivity contribution in [1.29, 1.82) is 0 Å². The van der Waals surface area contributed by atoms with E-state index in [1.54, 1.807) is 14.1 Å². The number of hydrogen-bond donors (Lipinski definition) is 1. The van der Waals surface area contributed by atoms with Crippen LogP contribution in [-0.2, 0) is 23.1 Å². The number of nitrogens with zero attached hydrogens (tertiary/aromatic N) is 2. The van der Waals surface area contributed by atoms with Crippen molar-refractivity contribution in [2.75, 3.05) is 27.2 Å². The molecule has 1 aliphatic heterocycles. The van der Waals surface area contributed by atoms with Crippen LogP contribution < -0.4 is 4.72 Å². The minimum absolute atomic E-state index is 0.0129. The van der Waals surface area contributed by atoms with E-state index in [0.29, 0.717) is 17.9 Å². The Morgan fingerprint density at radius 1 is 1.12 bits per heavy atom. The standard InChI is InChI=1S/C18H29N3O2S/c1-13(2)17-11-21(12-18(17)19-24(22,23)20(3)4)16-9-14-7-5-6-8-15(14)10-16/h5-8,13,16-19H,9-12H2,1-4H3/t17-,18+/m0/s1. The van der Waals surface area contributed by atoms with E-state index in [4.69, 9.17) is 0 Å². The highest BCUT2D eigenvalue weighted by Crippen LogP contribution is 2.32. The van der Waals surface area contributed by atoms with E-state index in [1.807, 2.05) is 0 Å². The van der Waals surface area contributed by atoms with Crippen molar-refractivity contribution in [3.05, 3.63) is 35.4 Å². The molecule has 1 aliphatic carbocycles. The first-order chi connectivity index (χ1) is 11.3. The third kappa shape index (κ3) is 3.52. The zero-order valence-corrected chi connectivity index (χ0v) is 15.9. The summed E-state index contributed by atoms with van der Waals surface area (Å²) in [6.45, 7) is 6.15. The van der Waals surface area contributed by atoms with Crippen LogP contribution in [0, 0.1) is 11.8 Å². The van der Waals surface area contributed by atoms with Gasteiger partial charge in [-0.2, -0.15) is 17.4 Å². The van der Waals surface area contributed by atoms with Gasteiger partial charge in [-0.1, -0.05) is 38.1 Å². The van der Waals surface area contributed by atoms with Crippen LogP contribution >= 0.6 is 0 Å². The van der Waals surface area contributed by atoms with Crippen molar-refractivity contribution in [2.24, 2.45) is 11.8 Å². The first kappa shape index (κ1) is 17.9. The number of rotatable bonds is 5. The minimum Gasteiger partial charge on any atom is -0.298 e. The zero-order valence-electron chi connectivity index (χ0n) is 15.1. The Kier molecular flexibility index (Phi) is 5.02. The predicted molar refractivity (Wildman–Crippen MR) is 97.1 cm³/mol. The first-order valence-electron chi connectivity index (χ1n) is 8.78. The summed E-state index contributed by atoms with van der Waals surface area (Å²) in [5, 5.41) is 0. The molecule has 3 rings (SSSR count). The molecule has 24 heavy (non-hydrogen) atoms. The monoisotopic (exact) mass is 351 g/mol. The molecule has 0 spiro atoms. The van der Waals surface area contributed by atoms with Gasteiger partial charge in [-0.05, 0) is 35.8 Å². The smallest absolute Gasteiger partial charge is 0.279 e. The summed E-state index contributed by atoms with van der Waals surface area (Å²) < 4.78 is 28.7. The van der Waals surface area contributed by atoms with Gasteiger partial charge in [0.25, 0.3) is 10.2 Å². The van der Waals surface area contributed by atoms with Gasteiger partial charge in [-0.25, -0.2) is 0 Å². The van der Waals surface area contributed by atoms with Crippen molar-refractivity contribution >= 4 is 10.2 Å². The third-order valence-electron chi connectivity index (χ3n) is 5.58. The highest BCUT2D eigenvalue weighted by Gasteiger charge is 2.41. The topological polar surface area (TPSA) is 52.7 Å². The van der Waals surface area contributed by atoms with Gasteiger partial charge in [0.2, 0.25) is 0 Å². The number of likely N-dealkylation sites (tertiary alicyclic amines) is 1. The van der Waals surface area contributed by atoms with Crippen molar-refractivity contribution in [3.63, 3.8) is 0 Å². The first-order valence-corrected chi connectivity index (χ1v) is 10.2. The van der Waals surface area contributed by atoms with Gasteiger partial charge in [0.05, 0.1) is 0 Å². The Morgan fingerprint density at radius 2 is 1.71 bits per heavy atom. The quantitative estimate of drug-likeness (QED) is 0.875. The van der Waals surface area contributed by atoms with Gasteiger partial charge in [0.15, 0.2) is 0 Å². The van der Waals surface area contributed by atoms with Gasteiger partial charge in [0.1, 0.15) is 0 Å². The molecule has 1 aromatic rings. The summed E-state index contributed by atoms with van der Waals surface area (Å²) in [5.74, 6) is 0.803. The fraction of sp³-hybridized carbons (Fsp3) is 0.667. The number of benzene rings is 1. The lowest BCUT2D eigenvalue weighted by atomic mass is 9.92. The maximum absolute atomic E-state index is 12.3. The third-order valence-corrected chi connectivity index (χ3v) is 7.14. The molecular weight excluding hydrogens is 322 g/mol. The summed E-state index contributed by atoms with van der Waals surface area (Å²) in [6, 6.07) is 9.14. The van der Waals surface area contributed by atoms with E-state index in [9.17, 15) is 8.42 Å². The van der Waals surface area contributed by atoms with Gasteiger partial charge in [-0.3, -0.25) is 4.90 Å². The lowest BCUT2D eigenvalue weighted by Gasteiger charge is -2.24. The van der Waals surface area contributed by atoms with Crippen LogP contribution in [0.2, 0.25) is 0 Å². The SMILES string of the molecule is CC(C)[C@@H]1CN(C2Cc3ccccc3C2)C[C@H]1NS(=O)(=O)N(C)C. The van der Waals surface area contributed by atoms with Crippen LogP contribution in [0.1, 0.15) is 25.0 Å². The molecular formula is C18H29N3O2S. The fourth-order valence-electron chi connectivity index (χ4n) is 4.05. The van der Waals surface area contributed by atoms with Crippen LogP contribution in [0.4, 0.5) is 0 Å². The summed E-state index contributed by atoms with van der Waals surface area (Å²) >= 11 is 0. The fourth-order valence-corrected chi connectivity index (χ4v) is 4.89. The van der Waals surface area contributed by atoms with Gasteiger partial charge >= 0.3 is 0 Å². The van der Waals surface area contributed by atoms with Crippen molar-refractivity contribution in [2.45, 2.75) is 38.8 Å². The molecule has 2 aliphatic rings. The van der Waals surface area contributed by atoms with Crippen LogP contribution in [0.5, 0.6) is 0 Å². The molecule has 0 bridgehead atoms. The molecule has 1 saturated heterocycles. The molecule has 0 saturated carbocycles. The highest BCUT2D eigenvalue weighted by molar-refractivity contribution is 7.87. The molecule has 5 nitrogen and oxygen atoms in total. The van der Waals surface area contributed by atoms with Gasteiger partial charge < -0.3 is 0 Å². The molecule has 0 amide bonds. The Labute approximate surface area is 146 Å². The average molecular weight is 352 g/mol. The summed E-state index contributed by atoms with van der Waals surface area (Å²) in [5.41, 5.74) is 2.89. The van der Waals surface area contributed by atoms with E-state index >= 15 is 0 Å². The molecule has 1 N–H and O–H groups in total. The average Bonchev–Trinajstić information content (AvgIpc) is 3.09. The molecule has 1 heterocycles. The maximum atomic E-state index is 12.3. The van der Waals surface area contributed by atoms with E-state index in [2.05, 4.69) is 47.7 Å². The Morgan fingerprint density at radius 3 is 2.21 bits per heavy atom. The minimum atomic E-state index is -3.39. The maximum Gasteiger partial charge on any atom is 0.279 e. The van der Waals surface area contributed by atoms with Crippen LogP contribution in [0.3, 0.4) is 0 Å². The van der Waals surface area contributed by atoms with Gasteiger partial charge in [-0.15, -0.1) is 0 Å². The van der Waals surface area contributed by atoms with E-state index in [1.165, 1.54) is 15.4 Å². The van der Waals surface area contributed by atoms with Crippen LogP contribution in [-0.4, -0.2) is 56.9 Å². The summed E-state index contributed by atoms with van der Waals surface area (Å²) in [4.78, 5) is 2.49.